The molecule has 0 radical (unpaired) electrons. The highest BCUT2D eigenvalue weighted by Crippen LogP contribution is 2.29. The van der Waals surface area contributed by atoms with E-state index in [1.54, 1.807) is 7.11 Å². The summed E-state index contributed by atoms with van der Waals surface area (Å²) < 4.78 is 5.33. The molecular weight excluding hydrogens is 240 g/mol. The van der Waals surface area contributed by atoms with Gasteiger partial charge in [0.15, 0.2) is 0 Å². The average molecular weight is 264 g/mol. The molecule has 1 aromatic carbocycles. The van der Waals surface area contributed by atoms with Crippen LogP contribution in [0.25, 0.3) is 0 Å². The van der Waals surface area contributed by atoms with Crippen molar-refractivity contribution >= 4 is 11.6 Å². The second-order valence-corrected chi connectivity index (χ2v) is 4.87. The van der Waals surface area contributed by atoms with Crippen molar-refractivity contribution in [3.63, 3.8) is 0 Å². The average Bonchev–Trinajstić information content (AvgIpc) is 2.39. The Morgan fingerprint density at radius 2 is 2.11 bits per heavy atom. The molecule has 0 saturated heterocycles. The highest BCUT2D eigenvalue weighted by atomic mass is 16.5. The number of rotatable bonds is 7. The Morgan fingerprint density at radius 3 is 2.68 bits per heavy atom. The maximum atomic E-state index is 11.8. The highest BCUT2D eigenvalue weighted by molar-refractivity contribution is 5.90. The molecule has 19 heavy (non-hydrogen) atoms. The summed E-state index contributed by atoms with van der Waals surface area (Å²) >= 11 is 0. The van der Waals surface area contributed by atoms with Crippen LogP contribution < -0.4 is 15.4 Å². The van der Waals surface area contributed by atoms with Crippen LogP contribution in [0.5, 0.6) is 5.75 Å². The number of hydrogen-bond donors (Lipinski definition) is 2. The van der Waals surface area contributed by atoms with Crippen LogP contribution in [0.3, 0.4) is 0 Å². The van der Waals surface area contributed by atoms with Crippen LogP contribution in [0.4, 0.5) is 5.69 Å². The lowest BCUT2D eigenvalue weighted by molar-refractivity contribution is -0.116. The van der Waals surface area contributed by atoms with Crippen LogP contribution in [0.15, 0.2) is 18.2 Å². The Labute approximate surface area is 115 Å². The predicted octanol–water partition coefficient (Wildman–Crippen LogP) is 2.76. The third-order valence-corrected chi connectivity index (χ3v) is 2.97. The van der Waals surface area contributed by atoms with E-state index >= 15 is 0 Å². The van der Waals surface area contributed by atoms with Crippen LogP contribution in [-0.2, 0) is 4.79 Å². The summed E-state index contributed by atoms with van der Waals surface area (Å²) in [6.07, 6.45) is 1.37. The van der Waals surface area contributed by atoms with Gasteiger partial charge in [-0.2, -0.15) is 0 Å². The first kappa shape index (κ1) is 15.5. The Kier molecular flexibility index (Phi) is 6.36. The molecule has 4 nitrogen and oxygen atoms in total. The molecule has 0 fully saturated rings. The number of ether oxygens (including phenoxy) is 1. The zero-order chi connectivity index (χ0) is 14.3. The molecule has 0 bridgehead atoms. The van der Waals surface area contributed by atoms with Crippen LogP contribution in [0, 0.1) is 0 Å². The van der Waals surface area contributed by atoms with Crippen molar-refractivity contribution in [2.45, 2.75) is 32.6 Å². The normalized spacial score (nSPS) is 10.6. The van der Waals surface area contributed by atoms with Crippen LogP contribution >= 0.6 is 0 Å². The highest BCUT2D eigenvalue weighted by Gasteiger charge is 2.09. The molecule has 0 heterocycles. The second kappa shape index (κ2) is 7.79. The van der Waals surface area contributed by atoms with Gasteiger partial charge in [-0.25, -0.2) is 0 Å². The van der Waals surface area contributed by atoms with Gasteiger partial charge in [0, 0.05) is 12.1 Å². The molecule has 4 heteroatoms. The number of methoxy groups -OCH3 is 1. The summed E-state index contributed by atoms with van der Waals surface area (Å²) in [5.74, 6) is 1.27. The molecule has 1 amide bonds. The van der Waals surface area contributed by atoms with Crippen molar-refractivity contribution in [3.05, 3.63) is 23.8 Å². The van der Waals surface area contributed by atoms with Gasteiger partial charge < -0.3 is 15.4 Å². The molecule has 2 N–H and O–H groups in total. The molecule has 0 spiro atoms. The van der Waals surface area contributed by atoms with Gasteiger partial charge in [0.2, 0.25) is 5.91 Å². The van der Waals surface area contributed by atoms with E-state index in [2.05, 4.69) is 24.5 Å². The Hall–Kier alpha value is -1.55. The van der Waals surface area contributed by atoms with Gasteiger partial charge >= 0.3 is 0 Å². The monoisotopic (exact) mass is 264 g/mol. The Morgan fingerprint density at radius 1 is 1.37 bits per heavy atom. The quantitative estimate of drug-likeness (QED) is 0.745. The van der Waals surface area contributed by atoms with E-state index in [9.17, 15) is 4.79 Å². The fraction of sp³-hybridized carbons (Fsp3) is 0.533. The molecule has 0 atom stereocenters. The molecule has 0 aliphatic rings. The second-order valence-electron chi connectivity index (χ2n) is 4.87. The fourth-order valence-corrected chi connectivity index (χ4v) is 1.91. The van der Waals surface area contributed by atoms with Gasteiger partial charge in [0.25, 0.3) is 0 Å². The molecule has 0 aromatic heterocycles. The molecule has 0 saturated carbocycles. The molecular formula is C15H24N2O2. The molecule has 1 rings (SSSR count). The van der Waals surface area contributed by atoms with Crippen molar-refractivity contribution in [1.29, 1.82) is 0 Å². The van der Waals surface area contributed by atoms with E-state index in [1.807, 2.05) is 25.2 Å². The summed E-state index contributed by atoms with van der Waals surface area (Å²) in [6, 6.07) is 5.76. The first-order chi connectivity index (χ1) is 9.08. The van der Waals surface area contributed by atoms with E-state index in [0.717, 1.165) is 30.0 Å². The van der Waals surface area contributed by atoms with Crippen molar-refractivity contribution in [2.24, 2.45) is 0 Å². The first-order valence-corrected chi connectivity index (χ1v) is 6.71. The minimum absolute atomic E-state index is 0.0510. The minimum atomic E-state index is 0.0510. The van der Waals surface area contributed by atoms with Crippen molar-refractivity contribution in [1.82, 2.24) is 5.32 Å². The number of hydrogen-bond acceptors (Lipinski definition) is 3. The zero-order valence-corrected chi connectivity index (χ0v) is 12.2. The van der Waals surface area contributed by atoms with E-state index in [0.29, 0.717) is 12.3 Å². The lowest BCUT2D eigenvalue weighted by Gasteiger charge is -2.14. The number of carbonyl (C=O) groups is 1. The molecule has 1 aromatic rings. The van der Waals surface area contributed by atoms with Crippen LogP contribution in [-0.4, -0.2) is 26.6 Å². The summed E-state index contributed by atoms with van der Waals surface area (Å²) in [7, 11) is 3.55. The molecule has 106 valence electrons. The topological polar surface area (TPSA) is 50.4 Å². The van der Waals surface area contributed by atoms with Gasteiger partial charge in [0.05, 0.1) is 7.11 Å². The fourth-order valence-electron chi connectivity index (χ4n) is 1.91. The summed E-state index contributed by atoms with van der Waals surface area (Å²) in [5, 5.41) is 5.95. The molecule has 0 unspecified atom stereocenters. The van der Waals surface area contributed by atoms with Gasteiger partial charge in [-0.05, 0) is 49.7 Å². The maximum Gasteiger partial charge on any atom is 0.224 e. The lowest BCUT2D eigenvalue weighted by Crippen LogP contribution is -2.15. The number of carbonyl (C=O) groups excluding carboxylic acids is 1. The zero-order valence-electron chi connectivity index (χ0n) is 12.2. The molecule has 0 aliphatic heterocycles. The Bertz CT molecular complexity index is 417. The SMILES string of the molecule is CNCCCC(=O)Nc1ccc(OC)c(C(C)C)c1. The smallest absolute Gasteiger partial charge is 0.224 e. The predicted molar refractivity (Wildman–Crippen MR) is 78.9 cm³/mol. The van der Waals surface area contributed by atoms with Gasteiger partial charge in [0.1, 0.15) is 5.75 Å². The number of amides is 1. The van der Waals surface area contributed by atoms with E-state index in [-0.39, 0.29) is 5.91 Å². The standard InChI is InChI=1S/C15H24N2O2/c1-11(2)13-10-12(7-8-14(13)19-4)17-15(18)6-5-9-16-3/h7-8,10-11,16H,5-6,9H2,1-4H3,(H,17,18). The first-order valence-electron chi connectivity index (χ1n) is 6.71. The van der Waals surface area contributed by atoms with Crippen molar-refractivity contribution in [2.75, 3.05) is 26.0 Å². The third kappa shape index (κ3) is 4.91. The molecule has 0 aliphatic carbocycles. The largest absolute Gasteiger partial charge is 0.496 e. The number of anilines is 1. The summed E-state index contributed by atoms with van der Waals surface area (Å²) in [6.45, 7) is 5.07. The number of benzene rings is 1. The van der Waals surface area contributed by atoms with Crippen molar-refractivity contribution in [3.8, 4) is 5.75 Å². The summed E-state index contributed by atoms with van der Waals surface area (Å²) in [4.78, 5) is 11.8. The lowest BCUT2D eigenvalue weighted by atomic mass is 10.0. The van der Waals surface area contributed by atoms with E-state index in [1.165, 1.54) is 0 Å². The van der Waals surface area contributed by atoms with Crippen molar-refractivity contribution < 1.29 is 9.53 Å². The van der Waals surface area contributed by atoms with E-state index < -0.39 is 0 Å². The van der Waals surface area contributed by atoms with Crippen LogP contribution in [0.1, 0.15) is 38.2 Å². The van der Waals surface area contributed by atoms with Gasteiger partial charge in [-0.3, -0.25) is 4.79 Å². The van der Waals surface area contributed by atoms with E-state index in [4.69, 9.17) is 4.74 Å². The minimum Gasteiger partial charge on any atom is -0.496 e. The summed E-state index contributed by atoms with van der Waals surface area (Å²) in [5.41, 5.74) is 1.94. The van der Waals surface area contributed by atoms with Crippen LogP contribution in [0.2, 0.25) is 0 Å². The maximum absolute atomic E-state index is 11.8. The van der Waals surface area contributed by atoms with Gasteiger partial charge in [-0.1, -0.05) is 13.8 Å². The third-order valence-electron chi connectivity index (χ3n) is 2.97. The van der Waals surface area contributed by atoms with Gasteiger partial charge in [-0.15, -0.1) is 0 Å². The Balaban J connectivity index is 2.68. The number of nitrogens with one attached hydrogen (secondary N) is 2.